The van der Waals surface area contributed by atoms with Crippen molar-refractivity contribution in [2.24, 2.45) is 10.7 Å². The second-order valence-electron chi connectivity index (χ2n) is 4.95. The third kappa shape index (κ3) is 4.74. The van der Waals surface area contributed by atoms with E-state index in [0.717, 1.165) is 30.8 Å². The van der Waals surface area contributed by atoms with Gasteiger partial charge in [0, 0.05) is 11.4 Å². The van der Waals surface area contributed by atoms with Crippen LogP contribution in [-0.4, -0.2) is 12.3 Å². The Bertz CT molecular complexity index is 442. The number of nitrogens with two attached hydrogens (primary N) is 1. The third-order valence-electron chi connectivity index (χ3n) is 3.04. The molecule has 0 saturated carbocycles. The van der Waals surface area contributed by atoms with Gasteiger partial charge in [0.25, 0.3) is 0 Å². The zero-order valence-corrected chi connectivity index (χ0v) is 12.0. The van der Waals surface area contributed by atoms with Gasteiger partial charge in [-0.15, -0.1) is 0 Å². The topological polar surface area (TPSA) is 38.4 Å². The summed E-state index contributed by atoms with van der Waals surface area (Å²) in [6, 6.07) is 0. The number of hydrogen-bond acceptors (Lipinski definition) is 2. The lowest BCUT2D eigenvalue weighted by atomic mass is 10.1. The third-order valence-corrected chi connectivity index (χ3v) is 3.04. The van der Waals surface area contributed by atoms with E-state index >= 15 is 0 Å². The van der Waals surface area contributed by atoms with E-state index in [-0.39, 0.29) is 0 Å². The van der Waals surface area contributed by atoms with Crippen molar-refractivity contribution in [3.05, 3.63) is 46.7 Å². The van der Waals surface area contributed by atoms with E-state index in [4.69, 9.17) is 5.73 Å². The maximum absolute atomic E-state index is 5.96. The molecule has 0 aliphatic carbocycles. The molecular weight excluding hydrogens is 220 g/mol. The molecular formula is C16H24N2. The van der Waals surface area contributed by atoms with Crippen LogP contribution in [0.1, 0.15) is 40.5 Å². The van der Waals surface area contributed by atoms with Crippen LogP contribution in [0.5, 0.6) is 0 Å². The molecule has 0 aromatic heterocycles. The molecule has 2 nitrogen and oxygen atoms in total. The van der Waals surface area contributed by atoms with Crippen LogP contribution in [0, 0.1) is 0 Å². The van der Waals surface area contributed by atoms with Gasteiger partial charge in [0.1, 0.15) is 0 Å². The molecule has 98 valence electrons. The van der Waals surface area contributed by atoms with Gasteiger partial charge in [0.2, 0.25) is 0 Å². The van der Waals surface area contributed by atoms with Gasteiger partial charge in [-0.1, -0.05) is 29.4 Å². The summed E-state index contributed by atoms with van der Waals surface area (Å²) in [6.07, 6.45) is 10.3. The monoisotopic (exact) mass is 244 g/mol. The van der Waals surface area contributed by atoms with E-state index in [1.54, 1.807) is 0 Å². The summed E-state index contributed by atoms with van der Waals surface area (Å²) in [7, 11) is 0. The zero-order valence-electron chi connectivity index (χ0n) is 12.0. The molecule has 0 saturated heterocycles. The second-order valence-corrected chi connectivity index (χ2v) is 4.95. The molecule has 0 unspecified atom stereocenters. The van der Waals surface area contributed by atoms with Crippen molar-refractivity contribution in [2.45, 2.75) is 40.5 Å². The zero-order chi connectivity index (χ0) is 13.5. The summed E-state index contributed by atoms with van der Waals surface area (Å²) < 4.78 is 0. The number of rotatable bonds is 3. The van der Waals surface area contributed by atoms with Crippen LogP contribution in [0.25, 0.3) is 0 Å². The second kappa shape index (κ2) is 7.00. The molecule has 1 rings (SSSR count). The first-order valence-corrected chi connectivity index (χ1v) is 6.49. The first-order valence-electron chi connectivity index (χ1n) is 6.49. The number of hydrogen-bond donors (Lipinski definition) is 1. The van der Waals surface area contributed by atoms with Crippen molar-refractivity contribution in [1.29, 1.82) is 0 Å². The first-order chi connectivity index (χ1) is 8.52. The normalized spacial score (nSPS) is 25.4. The molecule has 0 fully saturated rings. The lowest BCUT2D eigenvalue weighted by Crippen LogP contribution is -2.05. The molecule has 0 radical (unpaired) electrons. The highest BCUT2D eigenvalue weighted by molar-refractivity contribution is 5.95. The van der Waals surface area contributed by atoms with E-state index in [2.05, 4.69) is 57.0 Å². The van der Waals surface area contributed by atoms with Crippen molar-refractivity contribution < 1.29 is 0 Å². The molecule has 2 N–H and O–H groups in total. The predicted molar refractivity (Wildman–Crippen MR) is 80.8 cm³/mol. The molecule has 0 amide bonds. The van der Waals surface area contributed by atoms with Crippen LogP contribution in [-0.2, 0) is 0 Å². The average molecular weight is 244 g/mol. The molecule has 0 bridgehead atoms. The molecule has 1 heterocycles. The molecule has 0 aromatic carbocycles. The Labute approximate surface area is 111 Å². The van der Waals surface area contributed by atoms with Crippen LogP contribution >= 0.6 is 0 Å². The summed E-state index contributed by atoms with van der Waals surface area (Å²) in [5, 5.41) is 0. The van der Waals surface area contributed by atoms with Gasteiger partial charge in [-0.3, -0.25) is 4.99 Å². The van der Waals surface area contributed by atoms with Gasteiger partial charge in [-0.2, -0.15) is 0 Å². The van der Waals surface area contributed by atoms with Crippen molar-refractivity contribution in [2.75, 3.05) is 6.54 Å². The van der Waals surface area contributed by atoms with Gasteiger partial charge in [-0.05, 0) is 52.2 Å². The van der Waals surface area contributed by atoms with Crippen LogP contribution in [0.15, 0.2) is 51.7 Å². The standard InChI is InChI=1S/C16H24N2/c1-5-14-6-7-15(18-11-13(4)10-14)8-9-16(17)12(2)3/h5-7,10H,8-9,11,17H2,1-4H3/b7-6-,13-10-,14-5-,18-15+. The van der Waals surface area contributed by atoms with E-state index in [9.17, 15) is 0 Å². The van der Waals surface area contributed by atoms with E-state index < -0.39 is 0 Å². The Morgan fingerprint density at radius 1 is 1.39 bits per heavy atom. The highest BCUT2D eigenvalue weighted by atomic mass is 14.7. The van der Waals surface area contributed by atoms with Crippen LogP contribution in [0.2, 0.25) is 0 Å². The van der Waals surface area contributed by atoms with Gasteiger partial charge in [-0.25, -0.2) is 0 Å². The van der Waals surface area contributed by atoms with Gasteiger partial charge < -0.3 is 5.73 Å². The maximum Gasteiger partial charge on any atom is 0.0603 e. The Kier molecular flexibility index (Phi) is 5.63. The van der Waals surface area contributed by atoms with E-state index in [1.165, 1.54) is 16.7 Å². The quantitative estimate of drug-likeness (QED) is 0.802. The first kappa shape index (κ1) is 14.5. The fourth-order valence-electron chi connectivity index (χ4n) is 1.70. The number of allylic oxidation sites excluding steroid dienone is 7. The van der Waals surface area contributed by atoms with E-state index in [1.807, 2.05) is 0 Å². The van der Waals surface area contributed by atoms with Crippen molar-refractivity contribution in [1.82, 2.24) is 0 Å². The maximum atomic E-state index is 5.96. The minimum atomic E-state index is 0.783. The van der Waals surface area contributed by atoms with Gasteiger partial charge in [0.05, 0.1) is 6.54 Å². The van der Waals surface area contributed by atoms with Crippen LogP contribution < -0.4 is 5.73 Å². The lowest BCUT2D eigenvalue weighted by Gasteiger charge is -2.08. The SMILES string of the molecule is C/C=C1/C=C\C(CCC(N)=C(C)C)=N/C\C(C)=C/1. The van der Waals surface area contributed by atoms with Crippen molar-refractivity contribution >= 4 is 5.71 Å². The van der Waals surface area contributed by atoms with Gasteiger partial charge >= 0.3 is 0 Å². The molecule has 1 aliphatic rings. The van der Waals surface area contributed by atoms with Crippen LogP contribution in [0.3, 0.4) is 0 Å². The Balaban J connectivity index is 2.76. The fraction of sp³-hybridized carbons (Fsp3) is 0.438. The summed E-state index contributed by atoms with van der Waals surface area (Å²) in [6.45, 7) is 9.06. The predicted octanol–water partition coefficient (Wildman–Crippen LogP) is 3.92. The Morgan fingerprint density at radius 2 is 2.11 bits per heavy atom. The molecule has 0 spiro atoms. The molecule has 18 heavy (non-hydrogen) atoms. The molecule has 0 aromatic rings. The fourth-order valence-corrected chi connectivity index (χ4v) is 1.70. The van der Waals surface area contributed by atoms with Crippen molar-refractivity contribution in [3.63, 3.8) is 0 Å². The van der Waals surface area contributed by atoms with E-state index in [0.29, 0.717) is 0 Å². The summed E-state index contributed by atoms with van der Waals surface area (Å²) >= 11 is 0. The molecule has 2 heteroatoms. The minimum absolute atomic E-state index is 0.783. The summed E-state index contributed by atoms with van der Waals surface area (Å²) in [5.74, 6) is 0. The average Bonchev–Trinajstić information content (AvgIpc) is 2.32. The largest absolute Gasteiger partial charge is 0.402 e. The van der Waals surface area contributed by atoms with Gasteiger partial charge in [0.15, 0.2) is 0 Å². The lowest BCUT2D eigenvalue weighted by molar-refractivity contribution is 0.954. The van der Waals surface area contributed by atoms with Crippen LogP contribution in [0.4, 0.5) is 0 Å². The summed E-state index contributed by atoms with van der Waals surface area (Å²) in [5.41, 5.74) is 11.8. The Morgan fingerprint density at radius 3 is 2.72 bits per heavy atom. The minimum Gasteiger partial charge on any atom is -0.402 e. The highest BCUT2D eigenvalue weighted by Crippen LogP contribution is 2.12. The smallest absolute Gasteiger partial charge is 0.0603 e. The number of nitrogens with zero attached hydrogens (tertiary/aromatic N) is 1. The summed E-state index contributed by atoms with van der Waals surface area (Å²) in [4.78, 5) is 4.62. The molecule has 0 atom stereocenters. The Hall–Kier alpha value is -1.57. The number of aliphatic imine (C=N–C) groups is 1. The van der Waals surface area contributed by atoms with Crippen molar-refractivity contribution in [3.8, 4) is 0 Å². The molecule has 1 aliphatic heterocycles. The highest BCUT2D eigenvalue weighted by Gasteiger charge is 2.02.